The normalized spacial score (nSPS) is 15.6. The molecule has 0 spiro atoms. The first-order valence-corrected chi connectivity index (χ1v) is 8.76. The smallest absolute Gasteiger partial charge is 0.238 e. The number of amides is 1. The zero-order valence-corrected chi connectivity index (χ0v) is 15.0. The van der Waals surface area contributed by atoms with Gasteiger partial charge in [-0.3, -0.25) is 14.6 Å². The van der Waals surface area contributed by atoms with E-state index in [9.17, 15) is 9.18 Å². The van der Waals surface area contributed by atoms with Crippen molar-refractivity contribution in [1.29, 1.82) is 0 Å². The molecule has 1 N–H and O–H groups in total. The molecule has 26 heavy (non-hydrogen) atoms. The largest absolute Gasteiger partial charge is 0.496 e. The first kappa shape index (κ1) is 18.4. The van der Waals surface area contributed by atoms with Crippen LogP contribution in [-0.2, 0) is 11.3 Å². The van der Waals surface area contributed by atoms with Crippen molar-refractivity contribution in [2.24, 2.45) is 0 Å². The van der Waals surface area contributed by atoms with Gasteiger partial charge in [-0.2, -0.15) is 0 Å². The van der Waals surface area contributed by atoms with Gasteiger partial charge in [-0.1, -0.05) is 18.2 Å². The van der Waals surface area contributed by atoms with Crippen molar-refractivity contribution in [2.75, 3.05) is 45.2 Å². The molecule has 1 amide bonds. The van der Waals surface area contributed by atoms with Crippen molar-refractivity contribution >= 4 is 11.6 Å². The first-order chi connectivity index (χ1) is 12.6. The first-order valence-electron chi connectivity index (χ1n) is 8.76. The topological polar surface area (TPSA) is 44.8 Å². The molecule has 1 aliphatic heterocycles. The number of carbonyl (C=O) groups excluding carboxylic acids is 1. The van der Waals surface area contributed by atoms with Crippen LogP contribution in [-0.4, -0.2) is 55.5 Å². The van der Waals surface area contributed by atoms with E-state index in [0.29, 0.717) is 12.2 Å². The molecule has 1 aliphatic rings. The van der Waals surface area contributed by atoms with Crippen molar-refractivity contribution in [1.82, 2.24) is 9.80 Å². The number of benzene rings is 2. The number of anilines is 1. The van der Waals surface area contributed by atoms with E-state index < -0.39 is 0 Å². The molecule has 0 unspecified atom stereocenters. The van der Waals surface area contributed by atoms with Gasteiger partial charge in [-0.15, -0.1) is 0 Å². The van der Waals surface area contributed by atoms with E-state index in [1.807, 2.05) is 18.2 Å². The lowest BCUT2D eigenvalue weighted by Gasteiger charge is -2.34. The second-order valence-electron chi connectivity index (χ2n) is 6.42. The predicted octanol–water partition coefficient (Wildman–Crippen LogP) is 2.59. The van der Waals surface area contributed by atoms with E-state index >= 15 is 0 Å². The van der Waals surface area contributed by atoms with Crippen molar-refractivity contribution in [3.05, 3.63) is 59.9 Å². The van der Waals surface area contributed by atoms with Crippen LogP contribution in [0.5, 0.6) is 5.75 Å². The van der Waals surface area contributed by atoms with Crippen molar-refractivity contribution in [3.63, 3.8) is 0 Å². The van der Waals surface area contributed by atoms with Gasteiger partial charge < -0.3 is 10.1 Å². The van der Waals surface area contributed by atoms with Gasteiger partial charge in [0.15, 0.2) is 0 Å². The molecular formula is C20H24FN3O2. The Morgan fingerprint density at radius 3 is 2.38 bits per heavy atom. The molecule has 2 aromatic carbocycles. The van der Waals surface area contributed by atoms with Gasteiger partial charge in [-0.05, 0) is 30.3 Å². The van der Waals surface area contributed by atoms with Crippen molar-refractivity contribution in [3.8, 4) is 5.75 Å². The number of methoxy groups -OCH3 is 1. The molecule has 0 aromatic heterocycles. The summed E-state index contributed by atoms with van der Waals surface area (Å²) in [7, 11) is 1.69. The van der Waals surface area contributed by atoms with E-state index in [2.05, 4.69) is 21.2 Å². The summed E-state index contributed by atoms with van der Waals surface area (Å²) in [6, 6.07) is 13.9. The fourth-order valence-electron chi connectivity index (χ4n) is 3.12. The van der Waals surface area contributed by atoms with Crippen LogP contribution >= 0.6 is 0 Å². The number of piperazine rings is 1. The fourth-order valence-corrected chi connectivity index (χ4v) is 3.12. The van der Waals surface area contributed by atoms with Gasteiger partial charge in [0.2, 0.25) is 5.91 Å². The number of rotatable bonds is 6. The van der Waals surface area contributed by atoms with Gasteiger partial charge in [0.25, 0.3) is 0 Å². The zero-order chi connectivity index (χ0) is 18.4. The number of ether oxygens (including phenoxy) is 1. The lowest BCUT2D eigenvalue weighted by atomic mass is 10.1. The van der Waals surface area contributed by atoms with Gasteiger partial charge in [-0.25, -0.2) is 4.39 Å². The third-order valence-corrected chi connectivity index (χ3v) is 4.55. The average Bonchev–Trinajstić information content (AvgIpc) is 2.65. The maximum atomic E-state index is 12.9. The SMILES string of the molecule is COc1ccccc1CN1CCN(CC(=O)Nc2ccc(F)cc2)CC1. The second kappa shape index (κ2) is 8.78. The van der Waals surface area contributed by atoms with Gasteiger partial charge in [0.05, 0.1) is 13.7 Å². The van der Waals surface area contributed by atoms with Crippen LogP contribution in [0.25, 0.3) is 0 Å². The third kappa shape index (κ3) is 5.03. The summed E-state index contributed by atoms with van der Waals surface area (Å²) in [5.41, 5.74) is 1.80. The predicted molar refractivity (Wildman–Crippen MR) is 99.7 cm³/mol. The minimum atomic E-state index is -0.311. The summed E-state index contributed by atoms with van der Waals surface area (Å²) in [5, 5.41) is 2.81. The number of nitrogens with one attached hydrogen (secondary N) is 1. The molecule has 138 valence electrons. The van der Waals surface area contributed by atoms with E-state index in [1.54, 1.807) is 19.2 Å². The van der Waals surface area contributed by atoms with E-state index in [-0.39, 0.29) is 11.7 Å². The number of nitrogens with zero attached hydrogens (tertiary/aromatic N) is 2. The molecule has 1 fully saturated rings. The molecule has 0 atom stereocenters. The lowest BCUT2D eigenvalue weighted by molar-refractivity contribution is -0.117. The van der Waals surface area contributed by atoms with E-state index in [4.69, 9.17) is 4.74 Å². The number of halogens is 1. The summed E-state index contributed by atoms with van der Waals surface area (Å²) < 4.78 is 18.3. The Morgan fingerprint density at radius 2 is 1.69 bits per heavy atom. The van der Waals surface area contributed by atoms with E-state index in [1.165, 1.54) is 17.7 Å². The van der Waals surface area contributed by atoms with Gasteiger partial charge >= 0.3 is 0 Å². The minimum absolute atomic E-state index is 0.0743. The van der Waals surface area contributed by atoms with Crippen LogP contribution in [0.3, 0.4) is 0 Å². The maximum Gasteiger partial charge on any atom is 0.238 e. The summed E-state index contributed by atoms with van der Waals surface area (Å²) in [6.45, 7) is 4.68. The van der Waals surface area contributed by atoms with Crippen LogP contribution in [0.1, 0.15) is 5.56 Å². The number of hydrogen-bond acceptors (Lipinski definition) is 4. The maximum absolute atomic E-state index is 12.9. The Morgan fingerprint density at radius 1 is 1.04 bits per heavy atom. The molecule has 1 saturated heterocycles. The molecule has 0 bridgehead atoms. The summed E-state index contributed by atoms with van der Waals surface area (Å²) in [6.07, 6.45) is 0. The Bertz CT molecular complexity index is 728. The molecule has 0 aliphatic carbocycles. The van der Waals surface area contributed by atoms with Gasteiger partial charge in [0, 0.05) is 44.0 Å². The second-order valence-corrected chi connectivity index (χ2v) is 6.42. The number of hydrogen-bond donors (Lipinski definition) is 1. The number of carbonyl (C=O) groups is 1. The van der Waals surface area contributed by atoms with Crippen LogP contribution in [0.2, 0.25) is 0 Å². The third-order valence-electron chi connectivity index (χ3n) is 4.55. The lowest BCUT2D eigenvalue weighted by Crippen LogP contribution is -2.48. The molecule has 3 rings (SSSR count). The standard InChI is InChI=1S/C20H24FN3O2/c1-26-19-5-3-2-4-16(19)14-23-10-12-24(13-11-23)15-20(25)22-18-8-6-17(21)7-9-18/h2-9H,10-15H2,1H3,(H,22,25). The van der Waals surface area contributed by atoms with Crippen molar-refractivity contribution in [2.45, 2.75) is 6.54 Å². The summed E-state index contributed by atoms with van der Waals surface area (Å²) in [5.74, 6) is 0.526. The Labute approximate surface area is 153 Å². The molecule has 5 nitrogen and oxygen atoms in total. The van der Waals surface area contributed by atoms with Crippen molar-refractivity contribution < 1.29 is 13.9 Å². The Hall–Kier alpha value is -2.44. The summed E-state index contributed by atoms with van der Waals surface area (Å²) >= 11 is 0. The Balaban J connectivity index is 1.44. The number of para-hydroxylation sites is 1. The zero-order valence-electron chi connectivity index (χ0n) is 15.0. The van der Waals surface area contributed by atoms with Crippen LogP contribution in [0.4, 0.5) is 10.1 Å². The molecule has 1 heterocycles. The quantitative estimate of drug-likeness (QED) is 0.863. The van der Waals surface area contributed by atoms with Gasteiger partial charge in [0.1, 0.15) is 11.6 Å². The monoisotopic (exact) mass is 357 g/mol. The Kier molecular flexibility index (Phi) is 6.20. The molecule has 6 heteroatoms. The highest BCUT2D eigenvalue weighted by Gasteiger charge is 2.20. The molecule has 2 aromatic rings. The highest BCUT2D eigenvalue weighted by Crippen LogP contribution is 2.20. The molecule has 0 radical (unpaired) electrons. The molecular weight excluding hydrogens is 333 g/mol. The highest BCUT2D eigenvalue weighted by atomic mass is 19.1. The molecule has 0 saturated carbocycles. The van der Waals surface area contributed by atoms with E-state index in [0.717, 1.165) is 38.5 Å². The van der Waals surface area contributed by atoms with Crippen LogP contribution < -0.4 is 10.1 Å². The highest BCUT2D eigenvalue weighted by molar-refractivity contribution is 5.92. The van der Waals surface area contributed by atoms with Crippen LogP contribution in [0, 0.1) is 5.82 Å². The van der Waals surface area contributed by atoms with Crippen LogP contribution in [0.15, 0.2) is 48.5 Å². The average molecular weight is 357 g/mol. The summed E-state index contributed by atoms with van der Waals surface area (Å²) in [4.78, 5) is 16.6. The minimum Gasteiger partial charge on any atom is -0.496 e. The fraction of sp³-hybridized carbons (Fsp3) is 0.350.